The van der Waals surface area contributed by atoms with Gasteiger partial charge in [0.05, 0.1) is 22.8 Å². The van der Waals surface area contributed by atoms with Crippen molar-refractivity contribution in [1.29, 1.82) is 0 Å². The van der Waals surface area contributed by atoms with Crippen LogP contribution in [-0.4, -0.2) is 21.3 Å². The lowest BCUT2D eigenvalue weighted by molar-refractivity contribution is -0.118. The second-order valence-electron chi connectivity index (χ2n) is 6.65. The SMILES string of the molecule is O=C(Nc1ccc2cn[nH]c2c1)C1(c2cc(-c3ccccc3)on2)CC1. The standard InChI is InChI=1S/C20H16N4O2/c25-19(22-15-7-6-14-12-21-23-16(14)10-15)20(8-9-20)18-11-17(26-24-18)13-4-2-1-3-5-13/h1-7,10-12H,8-9H2,(H,21,23)(H,22,25). The largest absolute Gasteiger partial charge is 0.356 e. The van der Waals surface area contributed by atoms with Crippen molar-refractivity contribution in [3.05, 3.63) is 66.5 Å². The fourth-order valence-electron chi connectivity index (χ4n) is 3.23. The van der Waals surface area contributed by atoms with Gasteiger partial charge in [0, 0.05) is 22.7 Å². The summed E-state index contributed by atoms with van der Waals surface area (Å²) in [5, 5.41) is 15.1. The first kappa shape index (κ1) is 14.9. The smallest absolute Gasteiger partial charge is 0.236 e. The van der Waals surface area contributed by atoms with Crippen LogP contribution in [0.5, 0.6) is 0 Å². The molecule has 2 aromatic heterocycles. The molecule has 0 radical (unpaired) electrons. The van der Waals surface area contributed by atoms with Gasteiger partial charge >= 0.3 is 0 Å². The summed E-state index contributed by atoms with van der Waals surface area (Å²) in [5.41, 5.74) is 2.67. The van der Waals surface area contributed by atoms with Crippen LogP contribution in [0.2, 0.25) is 0 Å². The topological polar surface area (TPSA) is 83.8 Å². The maximum absolute atomic E-state index is 12.9. The third-order valence-corrected chi connectivity index (χ3v) is 4.94. The fourth-order valence-corrected chi connectivity index (χ4v) is 3.23. The molecule has 2 heterocycles. The molecule has 6 heteroatoms. The Morgan fingerprint density at radius 2 is 1.96 bits per heavy atom. The molecule has 1 amide bonds. The third-order valence-electron chi connectivity index (χ3n) is 4.94. The van der Waals surface area contributed by atoms with Gasteiger partial charge in [-0.1, -0.05) is 35.5 Å². The van der Waals surface area contributed by atoms with Crippen molar-refractivity contribution in [3.8, 4) is 11.3 Å². The second-order valence-corrected chi connectivity index (χ2v) is 6.65. The van der Waals surface area contributed by atoms with E-state index in [2.05, 4.69) is 20.7 Å². The van der Waals surface area contributed by atoms with E-state index in [4.69, 9.17) is 4.52 Å². The summed E-state index contributed by atoms with van der Waals surface area (Å²) in [7, 11) is 0. The van der Waals surface area contributed by atoms with Crippen molar-refractivity contribution in [3.63, 3.8) is 0 Å². The van der Waals surface area contributed by atoms with Crippen LogP contribution in [0.3, 0.4) is 0 Å². The Labute approximate surface area is 149 Å². The van der Waals surface area contributed by atoms with Gasteiger partial charge < -0.3 is 9.84 Å². The minimum absolute atomic E-state index is 0.0516. The Hall–Kier alpha value is -3.41. The predicted molar refractivity (Wildman–Crippen MR) is 97.6 cm³/mol. The number of fused-ring (bicyclic) bond motifs is 1. The Kier molecular flexibility index (Phi) is 3.18. The van der Waals surface area contributed by atoms with Gasteiger partial charge in [-0.15, -0.1) is 0 Å². The number of aromatic nitrogens is 3. The van der Waals surface area contributed by atoms with Crippen LogP contribution in [-0.2, 0) is 10.2 Å². The molecule has 0 aliphatic heterocycles. The molecule has 4 aromatic rings. The van der Waals surface area contributed by atoms with Crippen molar-refractivity contribution < 1.29 is 9.32 Å². The number of anilines is 1. The van der Waals surface area contributed by atoms with Crippen LogP contribution in [0.1, 0.15) is 18.5 Å². The van der Waals surface area contributed by atoms with Crippen LogP contribution in [0.15, 0.2) is 65.3 Å². The summed E-state index contributed by atoms with van der Waals surface area (Å²) in [6.45, 7) is 0. The number of carbonyl (C=O) groups excluding carboxylic acids is 1. The van der Waals surface area contributed by atoms with E-state index in [0.29, 0.717) is 11.5 Å². The lowest BCUT2D eigenvalue weighted by atomic mass is 10.00. The van der Waals surface area contributed by atoms with E-state index in [0.717, 1.165) is 35.0 Å². The molecule has 6 nitrogen and oxygen atoms in total. The Morgan fingerprint density at radius 3 is 2.77 bits per heavy atom. The molecule has 0 spiro atoms. The molecule has 1 saturated carbocycles. The highest BCUT2D eigenvalue weighted by Crippen LogP contribution is 2.49. The summed E-state index contributed by atoms with van der Waals surface area (Å²) in [4.78, 5) is 12.9. The number of H-pyrrole nitrogens is 1. The molecule has 1 fully saturated rings. The van der Waals surface area contributed by atoms with E-state index in [-0.39, 0.29) is 5.91 Å². The van der Waals surface area contributed by atoms with Crippen molar-refractivity contribution in [1.82, 2.24) is 15.4 Å². The van der Waals surface area contributed by atoms with E-state index >= 15 is 0 Å². The van der Waals surface area contributed by atoms with Gasteiger partial charge in [-0.05, 0) is 31.0 Å². The zero-order chi connectivity index (χ0) is 17.6. The van der Waals surface area contributed by atoms with Gasteiger partial charge in [0.15, 0.2) is 5.76 Å². The number of amides is 1. The molecule has 0 atom stereocenters. The predicted octanol–water partition coefficient (Wildman–Crippen LogP) is 3.89. The van der Waals surface area contributed by atoms with Crippen LogP contribution < -0.4 is 5.32 Å². The van der Waals surface area contributed by atoms with Crippen molar-refractivity contribution >= 4 is 22.5 Å². The second kappa shape index (κ2) is 5.56. The van der Waals surface area contributed by atoms with E-state index < -0.39 is 5.41 Å². The van der Waals surface area contributed by atoms with Crippen LogP contribution >= 0.6 is 0 Å². The molecule has 26 heavy (non-hydrogen) atoms. The average Bonchev–Trinajstić information content (AvgIpc) is 3.12. The molecule has 5 rings (SSSR count). The molecule has 2 N–H and O–H groups in total. The molecule has 2 aromatic carbocycles. The molecule has 0 unspecified atom stereocenters. The molecule has 1 aliphatic carbocycles. The summed E-state index contributed by atoms with van der Waals surface area (Å²) in [6.07, 6.45) is 3.29. The zero-order valence-electron chi connectivity index (χ0n) is 13.9. The first-order valence-electron chi connectivity index (χ1n) is 8.52. The first-order chi connectivity index (χ1) is 12.7. The van der Waals surface area contributed by atoms with Gasteiger partial charge in [0.1, 0.15) is 0 Å². The molecular formula is C20H16N4O2. The summed E-state index contributed by atoms with van der Waals surface area (Å²) < 4.78 is 5.48. The number of hydrogen-bond donors (Lipinski definition) is 2. The number of hydrogen-bond acceptors (Lipinski definition) is 4. The highest BCUT2D eigenvalue weighted by Gasteiger charge is 2.53. The molecule has 0 saturated heterocycles. The maximum atomic E-state index is 12.9. The minimum Gasteiger partial charge on any atom is -0.356 e. The lowest BCUT2D eigenvalue weighted by Gasteiger charge is -2.12. The van der Waals surface area contributed by atoms with E-state index in [1.165, 1.54) is 0 Å². The van der Waals surface area contributed by atoms with Gasteiger partial charge in [0.25, 0.3) is 0 Å². The van der Waals surface area contributed by atoms with Crippen LogP contribution in [0, 0.1) is 0 Å². The summed E-state index contributed by atoms with van der Waals surface area (Å²) in [6, 6.07) is 17.3. The van der Waals surface area contributed by atoms with E-state index in [1.54, 1.807) is 6.20 Å². The summed E-state index contributed by atoms with van der Waals surface area (Å²) in [5.74, 6) is 0.628. The fraction of sp³-hybridized carbons (Fsp3) is 0.150. The minimum atomic E-state index is -0.598. The molecule has 128 valence electrons. The van der Waals surface area contributed by atoms with Crippen molar-refractivity contribution in [2.45, 2.75) is 18.3 Å². The number of carbonyl (C=O) groups is 1. The van der Waals surface area contributed by atoms with Gasteiger partial charge in [-0.3, -0.25) is 9.89 Å². The van der Waals surface area contributed by atoms with Gasteiger partial charge in [-0.2, -0.15) is 5.10 Å². The van der Waals surface area contributed by atoms with Crippen molar-refractivity contribution in [2.24, 2.45) is 0 Å². The highest BCUT2D eigenvalue weighted by atomic mass is 16.5. The number of nitrogens with one attached hydrogen (secondary N) is 2. The third kappa shape index (κ3) is 2.38. The highest BCUT2D eigenvalue weighted by molar-refractivity contribution is 6.02. The Morgan fingerprint density at radius 1 is 1.12 bits per heavy atom. The van der Waals surface area contributed by atoms with Crippen LogP contribution in [0.4, 0.5) is 5.69 Å². The monoisotopic (exact) mass is 344 g/mol. The first-order valence-corrected chi connectivity index (χ1v) is 8.52. The molecule has 1 aliphatic rings. The number of nitrogens with zero attached hydrogens (tertiary/aromatic N) is 2. The van der Waals surface area contributed by atoms with Crippen LogP contribution in [0.25, 0.3) is 22.2 Å². The average molecular weight is 344 g/mol. The number of benzene rings is 2. The maximum Gasteiger partial charge on any atom is 0.236 e. The van der Waals surface area contributed by atoms with Crippen molar-refractivity contribution in [2.75, 3.05) is 5.32 Å². The van der Waals surface area contributed by atoms with E-state index in [1.807, 2.05) is 54.6 Å². The zero-order valence-corrected chi connectivity index (χ0v) is 13.9. The Balaban J connectivity index is 1.40. The molecule has 0 bridgehead atoms. The normalized spacial score (nSPS) is 15.1. The lowest BCUT2D eigenvalue weighted by Crippen LogP contribution is -2.28. The van der Waals surface area contributed by atoms with E-state index in [9.17, 15) is 4.79 Å². The number of rotatable bonds is 4. The van der Waals surface area contributed by atoms with Gasteiger partial charge in [0.2, 0.25) is 5.91 Å². The quantitative estimate of drug-likeness (QED) is 0.588. The summed E-state index contributed by atoms with van der Waals surface area (Å²) >= 11 is 0. The molecular weight excluding hydrogens is 328 g/mol. The number of aromatic amines is 1. The Bertz CT molecular complexity index is 1090. The van der Waals surface area contributed by atoms with Gasteiger partial charge in [-0.25, -0.2) is 0 Å².